The van der Waals surface area contributed by atoms with E-state index in [0.29, 0.717) is 6.42 Å². The third-order valence-electron chi connectivity index (χ3n) is 3.12. The van der Waals surface area contributed by atoms with E-state index in [2.05, 4.69) is 35.6 Å². The van der Waals surface area contributed by atoms with Crippen molar-refractivity contribution in [2.24, 2.45) is 0 Å². The first kappa shape index (κ1) is 15.3. The van der Waals surface area contributed by atoms with Crippen LogP contribution in [0.1, 0.15) is 22.1 Å². The van der Waals surface area contributed by atoms with E-state index in [9.17, 15) is 10.1 Å². The molecule has 0 aromatic heterocycles. The van der Waals surface area contributed by atoms with Crippen LogP contribution in [-0.2, 0) is 6.42 Å². The van der Waals surface area contributed by atoms with E-state index in [-0.39, 0.29) is 11.1 Å². The molecule has 0 amide bonds. The Hall–Kier alpha value is -1.14. The summed E-state index contributed by atoms with van der Waals surface area (Å²) < 4.78 is 1.17. The lowest BCUT2D eigenvalue weighted by Crippen LogP contribution is -2.00. The Labute approximate surface area is 136 Å². The number of alkyl halides is 1. The summed E-state index contributed by atoms with van der Waals surface area (Å²) in [4.78, 5) is 10.2. The van der Waals surface area contributed by atoms with Crippen LogP contribution in [0, 0.1) is 20.6 Å². The minimum Gasteiger partial charge on any atom is -0.258 e. The molecule has 0 N–H and O–H groups in total. The first-order valence-electron chi connectivity index (χ1n) is 6.11. The molecule has 0 spiro atoms. The monoisotopic (exact) mass is 401 g/mol. The van der Waals surface area contributed by atoms with Gasteiger partial charge in [-0.25, -0.2) is 0 Å². The number of nitro benzene ring substituents is 1. The van der Waals surface area contributed by atoms with E-state index in [1.165, 1.54) is 21.3 Å². The summed E-state index contributed by atoms with van der Waals surface area (Å²) in [5.41, 5.74) is 3.40. The number of nitrogens with zero attached hydrogens (tertiary/aromatic N) is 1. The lowest BCUT2D eigenvalue weighted by Gasteiger charge is -2.13. The normalized spacial score (nSPS) is 12.2. The van der Waals surface area contributed by atoms with Gasteiger partial charge in [0.1, 0.15) is 0 Å². The summed E-state index contributed by atoms with van der Waals surface area (Å²) in [5.74, 6) is 0. The van der Waals surface area contributed by atoms with Crippen LogP contribution in [-0.4, -0.2) is 4.92 Å². The maximum absolute atomic E-state index is 10.6. The Morgan fingerprint density at radius 1 is 1.25 bits per heavy atom. The lowest BCUT2D eigenvalue weighted by atomic mass is 10.0. The number of nitro groups is 1. The standard InChI is InChI=1S/C15H13ClINO2/c1-10-3-2-4-13(15(10)17)14(16)9-11-5-7-12(8-6-11)18(19)20/h2-8,14H,9H2,1H3. The first-order chi connectivity index (χ1) is 9.49. The largest absolute Gasteiger partial charge is 0.269 e. The van der Waals surface area contributed by atoms with Crippen LogP contribution in [0.2, 0.25) is 0 Å². The van der Waals surface area contributed by atoms with Gasteiger partial charge in [0.25, 0.3) is 5.69 Å². The van der Waals surface area contributed by atoms with Gasteiger partial charge in [-0.15, -0.1) is 11.6 Å². The summed E-state index contributed by atoms with van der Waals surface area (Å²) in [6, 6.07) is 12.6. The van der Waals surface area contributed by atoms with Crippen molar-refractivity contribution >= 4 is 39.9 Å². The van der Waals surface area contributed by atoms with Gasteiger partial charge in [-0.3, -0.25) is 10.1 Å². The average molecular weight is 402 g/mol. The zero-order valence-electron chi connectivity index (χ0n) is 10.8. The van der Waals surface area contributed by atoms with E-state index in [0.717, 1.165) is 11.1 Å². The maximum atomic E-state index is 10.6. The lowest BCUT2D eigenvalue weighted by molar-refractivity contribution is -0.384. The minimum atomic E-state index is -0.397. The van der Waals surface area contributed by atoms with Gasteiger partial charge in [0.15, 0.2) is 0 Å². The molecule has 0 saturated heterocycles. The molecule has 5 heteroatoms. The Balaban J connectivity index is 2.17. The predicted molar refractivity (Wildman–Crippen MR) is 89.3 cm³/mol. The summed E-state index contributed by atoms with van der Waals surface area (Å²) in [5, 5.41) is 10.5. The maximum Gasteiger partial charge on any atom is 0.269 e. The highest BCUT2D eigenvalue weighted by molar-refractivity contribution is 14.1. The Kier molecular flexibility index (Phi) is 4.99. The molecule has 2 aromatic rings. The van der Waals surface area contributed by atoms with Crippen molar-refractivity contribution in [2.75, 3.05) is 0 Å². The number of hydrogen-bond acceptors (Lipinski definition) is 2. The zero-order chi connectivity index (χ0) is 14.7. The van der Waals surface area contributed by atoms with Crippen molar-refractivity contribution in [3.63, 3.8) is 0 Å². The van der Waals surface area contributed by atoms with Crippen molar-refractivity contribution in [1.82, 2.24) is 0 Å². The molecular formula is C15H13ClINO2. The quantitative estimate of drug-likeness (QED) is 0.312. The molecule has 0 saturated carbocycles. The smallest absolute Gasteiger partial charge is 0.258 e. The molecule has 0 bridgehead atoms. The van der Waals surface area contributed by atoms with Crippen LogP contribution >= 0.6 is 34.2 Å². The molecule has 2 aromatic carbocycles. The second-order valence-corrected chi connectivity index (χ2v) is 6.18. The predicted octanol–water partition coefficient (Wildman–Crippen LogP) is 5.03. The van der Waals surface area contributed by atoms with E-state index in [1.54, 1.807) is 12.1 Å². The van der Waals surface area contributed by atoms with Crippen molar-refractivity contribution in [1.29, 1.82) is 0 Å². The summed E-state index contributed by atoms with van der Waals surface area (Å²) in [6.45, 7) is 2.06. The third-order valence-corrected chi connectivity index (χ3v) is 4.98. The highest BCUT2D eigenvalue weighted by Crippen LogP contribution is 2.30. The van der Waals surface area contributed by atoms with Gasteiger partial charge in [0, 0.05) is 15.7 Å². The summed E-state index contributed by atoms with van der Waals surface area (Å²) >= 11 is 8.78. The highest BCUT2D eigenvalue weighted by Gasteiger charge is 2.14. The Morgan fingerprint density at radius 3 is 2.50 bits per heavy atom. The topological polar surface area (TPSA) is 43.1 Å². The van der Waals surface area contributed by atoms with Crippen LogP contribution in [0.15, 0.2) is 42.5 Å². The highest BCUT2D eigenvalue weighted by atomic mass is 127. The van der Waals surface area contributed by atoms with E-state index >= 15 is 0 Å². The summed E-state index contributed by atoms with van der Waals surface area (Å²) in [6.07, 6.45) is 0.652. The second-order valence-electron chi connectivity index (χ2n) is 4.57. The van der Waals surface area contributed by atoms with E-state index in [4.69, 9.17) is 11.6 Å². The molecular weight excluding hydrogens is 389 g/mol. The molecule has 0 heterocycles. The van der Waals surface area contributed by atoms with Crippen LogP contribution in [0.5, 0.6) is 0 Å². The van der Waals surface area contributed by atoms with E-state index < -0.39 is 4.92 Å². The molecule has 2 rings (SSSR count). The van der Waals surface area contributed by atoms with Gasteiger partial charge < -0.3 is 0 Å². The number of benzene rings is 2. The average Bonchev–Trinajstić information content (AvgIpc) is 2.42. The fraction of sp³-hybridized carbons (Fsp3) is 0.200. The van der Waals surface area contributed by atoms with Crippen LogP contribution < -0.4 is 0 Å². The Bertz CT molecular complexity index is 628. The van der Waals surface area contributed by atoms with Crippen molar-refractivity contribution < 1.29 is 4.92 Å². The molecule has 0 aliphatic rings. The van der Waals surface area contributed by atoms with Crippen LogP contribution in [0.25, 0.3) is 0 Å². The molecule has 1 unspecified atom stereocenters. The summed E-state index contributed by atoms with van der Waals surface area (Å²) in [7, 11) is 0. The molecule has 0 fully saturated rings. The van der Waals surface area contributed by atoms with Gasteiger partial charge in [-0.2, -0.15) is 0 Å². The fourth-order valence-corrected chi connectivity index (χ4v) is 3.26. The van der Waals surface area contributed by atoms with Gasteiger partial charge in [-0.1, -0.05) is 30.3 Å². The van der Waals surface area contributed by atoms with Gasteiger partial charge >= 0.3 is 0 Å². The van der Waals surface area contributed by atoms with Gasteiger partial charge in [0.05, 0.1) is 10.3 Å². The number of rotatable bonds is 4. The molecule has 20 heavy (non-hydrogen) atoms. The molecule has 104 valence electrons. The van der Waals surface area contributed by atoms with E-state index in [1.807, 2.05) is 12.1 Å². The third kappa shape index (κ3) is 3.49. The molecule has 0 aliphatic carbocycles. The van der Waals surface area contributed by atoms with Crippen molar-refractivity contribution in [3.05, 3.63) is 72.8 Å². The van der Waals surface area contributed by atoms with Gasteiger partial charge in [-0.05, 0) is 52.6 Å². The molecule has 1 atom stereocenters. The number of non-ortho nitro benzene ring substituents is 1. The van der Waals surface area contributed by atoms with Crippen LogP contribution in [0.3, 0.4) is 0 Å². The Morgan fingerprint density at radius 2 is 1.90 bits per heavy atom. The minimum absolute atomic E-state index is 0.102. The fourth-order valence-electron chi connectivity index (χ4n) is 1.98. The molecule has 0 aliphatic heterocycles. The van der Waals surface area contributed by atoms with Crippen molar-refractivity contribution in [2.45, 2.75) is 18.7 Å². The number of hydrogen-bond donors (Lipinski definition) is 0. The zero-order valence-corrected chi connectivity index (χ0v) is 13.8. The SMILES string of the molecule is Cc1cccc(C(Cl)Cc2ccc([N+](=O)[O-])cc2)c1I. The van der Waals surface area contributed by atoms with Gasteiger partial charge in [0.2, 0.25) is 0 Å². The second kappa shape index (κ2) is 6.54. The first-order valence-corrected chi connectivity index (χ1v) is 7.63. The van der Waals surface area contributed by atoms with Crippen molar-refractivity contribution in [3.8, 4) is 0 Å². The number of halogens is 2. The molecule has 0 radical (unpaired) electrons. The molecule has 3 nitrogen and oxygen atoms in total. The number of aryl methyl sites for hydroxylation is 1. The van der Waals surface area contributed by atoms with Crippen LogP contribution in [0.4, 0.5) is 5.69 Å².